The van der Waals surface area contributed by atoms with Crippen molar-refractivity contribution in [1.29, 1.82) is 0 Å². The molecule has 1 atom stereocenters. The van der Waals surface area contributed by atoms with Crippen molar-refractivity contribution in [3.63, 3.8) is 0 Å². The molecule has 0 aromatic heterocycles. The number of aromatic carboxylic acids is 1. The van der Waals surface area contributed by atoms with Crippen molar-refractivity contribution in [1.82, 2.24) is 4.90 Å². The Hall–Kier alpha value is -1.39. The van der Waals surface area contributed by atoms with Crippen LogP contribution in [-0.4, -0.2) is 48.8 Å². The summed E-state index contributed by atoms with van der Waals surface area (Å²) in [7, 11) is 2.06. The van der Waals surface area contributed by atoms with Gasteiger partial charge in [0, 0.05) is 19.7 Å². The monoisotopic (exact) mass is 263 g/mol. The van der Waals surface area contributed by atoms with Crippen LogP contribution in [0.1, 0.15) is 28.8 Å². The molecule has 1 fully saturated rings. The van der Waals surface area contributed by atoms with Gasteiger partial charge in [-0.3, -0.25) is 0 Å². The first-order valence-electron chi connectivity index (χ1n) is 6.78. The number of carboxylic acid groups (broad SMARTS) is 1. The van der Waals surface area contributed by atoms with Gasteiger partial charge in [0.2, 0.25) is 0 Å². The lowest BCUT2D eigenvalue weighted by atomic mass is 10.0. The Morgan fingerprint density at radius 2 is 2.26 bits per heavy atom. The van der Waals surface area contributed by atoms with E-state index in [1.54, 1.807) is 12.1 Å². The van der Waals surface area contributed by atoms with Gasteiger partial charge in [0.1, 0.15) is 0 Å². The number of benzene rings is 1. The van der Waals surface area contributed by atoms with E-state index < -0.39 is 5.97 Å². The summed E-state index contributed by atoms with van der Waals surface area (Å²) < 4.78 is 5.60. The summed E-state index contributed by atoms with van der Waals surface area (Å²) in [4.78, 5) is 13.3. The van der Waals surface area contributed by atoms with Crippen LogP contribution in [0.3, 0.4) is 0 Å². The van der Waals surface area contributed by atoms with Gasteiger partial charge in [-0.05, 0) is 37.9 Å². The van der Waals surface area contributed by atoms with E-state index in [0.29, 0.717) is 11.7 Å². The van der Waals surface area contributed by atoms with Crippen LogP contribution in [0.2, 0.25) is 0 Å². The van der Waals surface area contributed by atoms with E-state index in [2.05, 4.69) is 11.9 Å². The van der Waals surface area contributed by atoms with Crippen molar-refractivity contribution < 1.29 is 14.6 Å². The normalized spacial score (nSPS) is 18.9. The first-order valence-corrected chi connectivity index (χ1v) is 6.78. The summed E-state index contributed by atoms with van der Waals surface area (Å²) >= 11 is 0. The number of hydrogen-bond donors (Lipinski definition) is 1. The zero-order valence-corrected chi connectivity index (χ0v) is 11.3. The molecule has 0 spiro atoms. The molecule has 1 aromatic carbocycles. The fourth-order valence-corrected chi connectivity index (χ4v) is 2.49. The molecule has 0 bridgehead atoms. The topological polar surface area (TPSA) is 49.8 Å². The number of likely N-dealkylation sites (N-methyl/N-ethyl adjacent to an activating group) is 1. The van der Waals surface area contributed by atoms with Gasteiger partial charge in [-0.1, -0.05) is 18.2 Å². The second kappa shape index (κ2) is 6.68. The highest BCUT2D eigenvalue weighted by molar-refractivity contribution is 5.89. The summed E-state index contributed by atoms with van der Waals surface area (Å²) in [5.74, 6) is -0.850. The van der Waals surface area contributed by atoms with Crippen molar-refractivity contribution in [3.8, 4) is 0 Å². The van der Waals surface area contributed by atoms with Crippen LogP contribution in [0.4, 0.5) is 0 Å². The average molecular weight is 263 g/mol. The van der Waals surface area contributed by atoms with E-state index in [0.717, 1.165) is 44.5 Å². The number of carboxylic acids is 1. The molecule has 0 amide bonds. The highest BCUT2D eigenvalue weighted by Gasteiger charge is 2.17. The maximum absolute atomic E-state index is 11.1. The molecule has 2 rings (SSSR count). The Morgan fingerprint density at radius 1 is 1.47 bits per heavy atom. The Kier molecular flexibility index (Phi) is 4.93. The van der Waals surface area contributed by atoms with Crippen LogP contribution < -0.4 is 0 Å². The maximum Gasteiger partial charge on any atom is 0.335 e. The van der Waals surface area contributed by atoms with Crippen LogP contribution in [0, 0.1) is 0 Å². The molecule has 104 valence electrons. The fourth-order valence-electron chi connectivity index (χ4n) is 2.49. The van der Waals surface area contributed by atoms with Crippen LogP contribution in [-0.2, 0) is 11.2 Å². The van der Waals surface area contributed by atoms with Gasteiger partial charge in [-0.25, -0.2) is 4.79 Å². The lowest BCUT2D eigenvalue weighted by molar-refractivity contribution is 0.0694. The molecular weight excluding hydrogens is 242 g/mol. The lowest BCUT2D eigenvalue weighted by Gasteiger charge is -2.20. The summed E-state index contributed by atoms with van der Waals surface area (Å²) in [6.07, 6.45) is 3.39. The Bertz CT molecular complexity index is 427. The van der Waals surface area contributed by atoms with Crippen LogP contribution in [0.25, 0.3) is 0 Å². The van der Waals surface area contributed by atoms with Crippen LogP contribution >= 0.6 is 0 Å². The molecule has 1 N–H and O–H groups in total. The zero-order chi connectivity index (χ0) is 13.7. The number of nitrogens with zero attached hydrogens (tertiary/aromatic N) is 1. The van der Waals surface area contributed by atoms with Crippen molar-refractivity contribution in [2.45, 2.75) is 25.4 Å². The molecule has 0 radical (unpaired) electrons. The maximum atomic E-state index is 11.1. The van der Waals surface area contributed by atoms with E-state index in [1.807, 2.05) is 12.1 Å². The van der Waals surface area contributed by atoms with Crippen molar-refractivity contribution in [3.05, 3.63) is 35.4 Å². The number of hydrogen-bond acceptors (Lipinski definition) is 3. The standard InChI is InChI=1S/C15H21NO3/c1-16(11-13-6-4-10-19-13)9-8-12-5-2-3-7-14(12)15(17)18/h2-3,5,7,13H,4,6,8-11H2,1H3,(H,17,18). The van der Waals surface area contributed by atoms with Gasteiger partial charge in [0.25, 0.3) is 0 Å². The average Bonchev–Trinajstić information content (AvgIpc) is 2.89. The second-order valence-electron chi connectivity index (χ2n) is 5.11. The fraction of sp³-hybridized carbons (Fsp3) is 0.533. The molecule has 1 aromatic rings. The van der Waals surface area contributed by atoms with E-state index in [1.165, 1.54) is 0 Å². The van der Waals surface area contributed by atoms with Crippen LogP contribution in [0.5, 0.6) is 0 Å². The third-order valence-electron chi connectivity index (χ3n) is 3.55. The minimum atomic E-state index is -0.850. The second-order valence-corrected chi connectivity index (χ2v) is 5.11. The third kappa shape index (κ3) is 4.04. The van der Waals surface area contributed by atoms with Gasteiger partial charge in [0.05, 0.1) is 11.7 Å². The molecule has 4 nitrogen and oxygen atoms in total. The Labute approximate surface area is 114 Å². The number of ether oxygens (including phenoxy) is 1. The largest absolute Gasteiger partial charge is 0.478 e. The molecule has 0 aliphatic carbocycles. The van der Waals surface area contributed by atoms with Gasteiger partial charge < -0.3 is 14.7 Å². The molecule has 1 aliphatic heterocycles. The van der Waals surface area contributed by atoms with Gasteiger partial charge in [0.15, 0.2) is 0 Å². The predicted molar refractivity (Wildman–Crippen MR) is 73.6 cm³/mol. The first-order chi connectivity index (χ1) is 9.16. The van der Waals surface area contributed by atoms with Crippen LogP contribution in [0.15, 0.2) is 24.3 Å². The molecule has 1 aliphatic rings. The number of carbonyl (C=O) groups is 1. The minimum absolute atomic E-state index is 0.347. The smallest absolute Gasteiger partial charge is 0.335 e. The number of rotatable bonds is 6. The van der Waals surface area contributed by atoms with E-state index in [4.69, 9.17) is 9.84 Å². The van der Waals surface area contributed by atoms with Gasteiger partial charge in [-0.15, -0.1) is 0 Å². The van der Waals surface area contributed by atoms with E-state index in [9.17, 15) is 4.79 Å². The molecule has 0 saturated carbocycles. The predicted octanol–water partition coefficient (Wildman–Crippen LogP) is 2.04. The first kappa shape index (κ1) is 14.0. The van der Waals surface area contributed by atoms with Crippen molar-refractivity contribution in [2.24, 2.45) is 0 Å². The Morgan fingerprint density at radius 3 is 2.95 bits per heavy atom. The molecular formula is C15H21NO3. The zero-order valence-electron chi connectivity index (χ0n) is 11.3. The SMILES string of the molecule is CN(CCc1ccccc1C(=O)O)CC1CCCO1. The highest BCUT2D eigenvalue weighted by Crippen LogP contribution is 2.14. The molecule has 1 saturated heterocycles. The summed E-state index contributed by atoms with van der Waals surface area (Å²) in [5, 5.41) is 9.13. The van der Waals surface area contributed by atoms with Gasteiger partial charge in [-0.2, -0.15) is 0 Å². The summed E-state index contributed by atoms with van der Waals surface area (Å²) in [5.41, 5.74) is 1.31. The minimum Gasteiger partial charge on any atom is -0.478 e. The summed E-state index contributed by atoms with van der Waals surface area (Å²) in [6, 6.07) is 7.21. The molecule has 19 heavy (non-hydrogen) atoms. The third-order valence-corrected chi connectivity index (χ3v) is 3.55. The highest BCUT2D eigenvalue weighted by atomic mass is 16.5. The molecule has 1 heterocycles. The van der Waals surface area contributed by atoms with E-state index in [-0.39, 0.29) is 0 Å². The van der Waals surface area contributed by atoms with Gasteiger partial charge >= 0.3 is 5.97 Å². The summed E-state index contributed by atoms with van der Waals surface area (Å²) in [6.45, 7) is 2.65. The van der Waals surface area contributed by atoms with Crippen molar-refractivity contribution in [2.75, 3.05) is 26.7 Å². The van der Waals surface area contributed by atoms with E-state index >= 15 is 0 Å². The molecule has 4 heteroatoms. The molecule has 1 unspecified atom stereocenters. The Balaban J connectivity index is 1.85. The quantitative estimate of drug-likeness (QED) is 0.853. The van der Waals surface area contributed by atoms with Crippen molar-refractivity contribution >= 4 is 5.97 Å². The lowest BCUT2D eigenvalue weighted by Crippen LogP contribution is -2.30.